The minimum absolute atomic E-state index is 0.0600. The van der Waals surface area contributed by atoms with Gasteiger partial charge in [0.25, 0.3) is 5.56 Å². The third-order valence-corrected chi connectivity index (χ3v) is 10.9. The van der Waals surface area contributed by atoms with Gasteiger partial charge in [0.05, 0.1) is 34.1 Å². The van der Waals surface area contributed by atoms with Crippen molar-refractivity contribution >= 4 is 56.5 Å². The van der Waals surface area contributed by atoms with Gasteiger partial charge in [-0.15, -0.1) is 0 Å². The fourth-order valence-corrected chi connectivity index (χ4v) is 8.57. The quantitative estimate of drug-likeness (QED) is 0.157. The van der Waals surface area contributed by atoms with Crippen LogP contribution in [0.1, 0.15) is 40.3 Å². The maximum absolute atomic E-state index is 14.3. The molecule has 6 nitrogen and oxygen atoms in total. The molecule has 0 spiro atoms. The Hall–Kier alpha value is -4.67. The average Bonchev–Trinajstić information content (AvgIpc) is 3.43. The molecule has 1 unspecified atom stereocenters. The van der Waals surface area contributed by atoms with Crippen LogP contribution < -0.4 is 29.1 Å². The number of ether oxygens (including phenoxy) is 3. The Morgan fingerprint density at radius 2 is 1.71 bits per heavy atom. The highest BCUT2D eigenvalue weighted by molar-refractivity contribution is 14.1. The molecule has 0 radical (unpaired) electrons. The van der Waals surface area contributed by atoms with Gasteiger partial charge in [0.2, 0.25) is 0 Å². The standard InChI is InChI=1S/C40H31IN2O4S/c1-45-29-17-14-27(15-18-29)37-32-19-16-26-9-4-6-13-31(26)36(32)42-40-43(37)39(44)35(48-40)22-24-20-33(41)38(34(21-24)46-2)47-23-28-11-7-10-25-8-3-5-12-30(25)28/h3-15,17-18,20-22,37H,16,19,23H2,1-2H3/b35-22+. The lowest BCUT2D eigenvalue weighted by atomic mass is 9.83. The number of aromatic nitrogens is 1. The Morgan fingerprint density at radius 1 is 0.917 bits per heavy atom. The first-order valence-corrected chi connectivity index (χ1v) is 17.7. The van der Waals surface area contributed by atoms with Gasteiger partial charge >= 0.3 is 0 Å². The molecule has 48 heavy (non-hydrogen) atoms. The second-order valence-electron chi connectivity index (χ2n) is 11.8. The zero-order valence-corrected chi connectivity index (χ0v) is 29.4. The molecule has 1 aliphatic heterocycles. The summed E-state index contributed by atoms with van der Waals surface area (Å²) in [4.78, 5) is 20.1. The molecular formula is C40H31IN2O4S. The van der Waals surface area contributed by atoms with Crippen molar-refractivity contribution in [1.82, 2.24) is 4.57 Å². The van der Waals surface area contributed by atoms with Crippen LogP contribution in [0.25, 0.3) is 22.5 Å². The van der Waals surface area contributed by atoms with E-state index < -0.39 is 0 Å². The number of rotatable bonds is 7. The van der Waals surface area contributed by atoms with E-state index in [1.54, 1.807) is 14.2 Å². The van der Waals surface area contributed by atoms with Crippen molar-refractivity contribution in [1.29, 1.82) is 0 Å². The fraction of sp³-hybridized carbons (Fsp3) is 0.150. The Kier molecular flexibility index (Phi) is 8.14. The summed E-state index contributed by atoms with van der Waals surface area (Å²) >= 11 is 3.70. The number of hydrogen-bond donors (Lipinski definition) is 0. The van der Waals surface area contributed by atoms with Crippen molar-refractivity contribution in [2.24, 2.45) is 4.99 Å². The summed E-state index contributed by atoms with van der Waals surface area (Å²) in [5.74, 6) is 2.07. The van der Waals surface area contributed by atoms with Gasteiger partial charge < -0.3 is 14.2 Å². The van der Waals surface area contributed by atoms with Crippen molar-refractivity contribution in [3.8, 4) is 17.2 Å². The van der Waals surface area contributed by atoms with Crippen LogP contribution in [0.5, 0.6) is 17.2 Å². The normalized spacial score (nSPS) is 15.4. The predicted molar refractivity (Wildman–Crippen MR) is 200 cm³/mol. The summed E-state index contributed by atoms with van der Waals surface area (Å²) in [5, 5.41) is 2.34. The van der Waals surface area contributed by atoms with E-state index in [0.29, 0.717) is 27.4 Å². The van der Waals surface area contributed by atoms with E-state index in [1.807, 2.05) is 47.0 Å². The molecule has 6 aromatic rings. The lowest BCUT2D eigenvalue weighted by Crippen LogP contribution is -2.38. The highest BCUT2D eigenvalue weighted by Crippen LogP contribution is 2.41. The van der Waals surface area contributed by atoms with E-state index in [1.165, 1.54) is 33.2 Å². The monoisotopic (exact) mass is 762 g/mol. The molecule has 0 fully saturated rings. The van der Waals surface area contributed by atoms with Crippen LogP contribution in [0.2, 0.25) is 0 Å². The van der Waals surface area contributed by atoms with Gasteiger partial charge in [-0.05, 0) is 104 Å². The number of hydrogen-bond acceptors (Lipinski definition) is 6. The molecule has 5 aromatic carbocycles. The Morgan fingerprint density at radius 3 is 2.54 bits per heavy atom. The van der Waals surface area contributed by atoms with Gasteiger partial charge in [-0.25, -0.2) is 4.99 Å². The van der Waals surface area contributed by atoms with Crippen LogP contribution in [0.3, 0.4) is 0 Å². The van der Waals surface area contributed by atoms with Gasteiger partial charge in [-0.2, -0.15) is 0 Å². The topological polar surface area (TPSA) is 62.0 Å². The minimum atomic E-state index is -0.253. The van der Waals surface area contributed by atoms with Crippen LogP contribution in [0.4, 0.5) is 0 Å². The average molecular weight is 763 g/mol. The predicted octanol–water partition coefficient (Wildman–Crippen LogP) is 7.67. The Labute approximate surface area is 295 Å². The second kappa shape index (κ2) is 12.7. The molecular weight excluding hydrogens is 731 g/mol. The zero-order valence-electron chi connectivity index (χ0n) is 26.4. The van der Waals surface area contributed by atoms with Crippen LogP contribution in [-0.2, 0) is 13.0 Å². The molecule has 0 saturated heterocycles. The van der Waals surface area contributed by atoms with Crippen molar-refractivity contribution in [2.75, 3.05) is 14.2 Å². The van der Waals surface area contributed by atoms with Crippen LogP contribution in [-0.4, -0.2) is 18.8 Å². The van der Waals surface area contributed by atoms with Gasteiger partial charge in [0.1, 0.15) is 12.4 Å². The third-order valence-electron chi connectivity index (χ3n) is 9.11. The van der Waals surface area contributed by atoms with E-state index in [0.717, 1.165) is 50.1 Å². The number of nitrogens with zero attached hydrogens (tertiary/aromatic N) is 2. The first kappa shape index (κ1) is 30.7. The summed E-state index contributed by atoms with van der Waals surface area (Å²) < 4.78 is 21.0. The summed E-state index contributed by atoms with van der Waals surface area (Å²) in [7, 11) is 3.31. The van der Waals surface area contributed by atoms with Crippen LogP contribution >= 0.6 is 33.9 Å². The summed E-state index contributed by atoms with van der Waals surface area (Å²) in [6.07, 6.45) is 3.69. The molecule has 8 rings (SSSR count). The number of fused-ring (bicyclic) bond motifs is 4. The van der Waals surface area contributed by atoms with Crippen LogP contribution in [0, 0.1) is 3.57 Å². The molecule has 238 valence electrons. The van der Waals surface area contributed by atoms with E-state index in [9.17, 15) is 4.79 Å². The SMILES string of the molecule is COc1ccc(C2C3=C(N=c4s/c(=C/c5cc(I)c(OCc6cccc7ccccc67)c(OC)c5)c(=O)n42)c2ccccc2CC3)cc1. The Bertz CT molecular complexity index is 2420. The molecule has 1 aromatic heterocycles. The number of halogens is 1. The minimum Gasteiger partial charge on any atom is -0.497 e. The van der Waals surface area contributed by atoms with Gasteiger partial charge in [0.15, 0.2) is 16.3 Å². The summed E-state index contributed by atoms with van der Waals surface area (Å²) in [6, 6.07) is 34.8. The maximum atomic E-state index is 14.3. The first-order chi connectivity index (χ1) is 23.5. The van der Waals surface area contributed by atoms with Crippen LogP contribution in [0.15, 0.2) is 118 Å². The van der Waals surface area contributed by atoms with Gasteiger partial charge in [0, 0.05) is 5.56 Å². The first-order valence-electron chi connectivity index (χ1n) is 15.8. The summed E-state index contributed by atoms with van der Waals surface area (Å²) in [5.41, 5.74) is 7.52. The highest BCUT2D eigenvalue weighted by atomic mass is 127. The van der Waals surface area contributed by atoms with E-state index in [2.05, 4.69) is 89.3 Å². The molecule has 0 amide bonds. The molecule has 0 N–H and O–H groups in total. The van der Waals surface area contributed by atoms with E-state index in [-0.39, 0.29) is 11.6 Å². The maximum Gasteiger partial charge on any atom is 0.271 e. The van der Waals surface area contributed by atoms with E-state index >= 15 is 0 Å². The molecule has 2 aliphatic rings. The molecule has 1 aliphatic carbocycles. The van der Waals surface area contributed by atoms with Gasteiger partial charge in [-0.1, -0.05) is 90.2 Å². The Balaban J connectivity index is 1.20. The lowest BCUT2D eigenvalue weighted by molar-refractivity contribution is 0.283. The highest BCUT2D eigenvalue weighted by Gasteiger charge is 2.32. The zero-order chi connectivity index (χ0) is 32.8. The number of allylic oxidation sites excluding steroid dienone is 1. The summed E-state index contributed by atoms with van der Waals surface area (Å²) in [6.45, 7) is 0.408. The number of methoxy groups -OCH3 is 2. The molecule has 2 heterocycles. The van der Waals surface area contributed by atoms with Crippen molar-refractivity contribution in [3.63, 3.8) is 0 Å². The molecule has 0 bridgehead atoms. The van der Waals surface area contributed by atoms with Crippen molar-refractivity contribution < 1.29 is 14.2 Å². The number of aryl methyl sites for hydroxylation is 1. The molecule has 8 heteroatoms. The molecule has 0 saturated carbocycles. The van der Waals surface area contributed by atoms with Crippen molar-refractivity contribution in [3.05, 3.63) is 160 Å². The van der Waals surface area contributed by atoms with Gasteiger partial charge in [-0.3, -0.25) is 9.36 Å². The number of thiazole rings is 1. The van der Waals surface area contributed by atoms with E-state index in [4.69, 9.17) is 19.2 Å². The van der Waals surface area contributed by atoms with Crippen molar-refractivity contribution in [2.45, 2.75) is 25.5 Å². The number of benzene rings is 5. The smallest absolute Gasteiger partial charge is 0.271 e. The third kappa shape index (κ3) is 5.42. The second-order valence-corrected chi connectivity index (χ2v) is 14.0. The lowest BCUT2D eigenvalue weighted by Gasteiger charge is -2.30. The molecule has 1 atom stereocenters. The fourth-order valence-electron chi connectivity index (χ4n) is 6.79. The largest absolute Gasteiger partial charge is 0.497 e.